The van der Waals surface area contributed by atoms with Crippen LogP contribution in [0.3, 0.4) is 0 Å². The molecule has 0 bridgehead atoms. The molecule has 4 rings (SSSR count). The first-order chi connectivity index (χ1) is 10.2. The zero-order chi connectivity index (χ0) is 14.6. The Kier molecular flexibility index (Phi) is 2.30. The summed E-state index contributed by atoms with van der Waals surface area (Å²) in [6, 6.07) is 13.6. The fraction of sp³-hybridized carbons (Fsp3) is 0.0588. The summed E-state index contributed by atoms with van der Waals surface area (Å²) in [6.07, 6.45) is 1.62. The molecule has 4 heteroatoms. The molecule has 1 heterocycles. The average Bonchev–Trinajstić information content (AvgIpc) is 3.01. The number of nitrogen functional groups attached to an aromatic ring is 1. The molecular weight excluding hydrogens is 262 g/mol. The standard InChI is InChI=1S/C17H13N3O/c1-10-4-2-5-11(8-10)20-16-12-6-3-7-14(18)15(12)17(21)13(16)9-19-20/h2-9H,18H2,1H3. The summed E-state index contributed by atoms with van der Waals surface area (Å²) in [7, 11) is 0. The van der Waals surface area contributed by atoms with Gasteiger partial charge in [0.2, 0.25) is 0 Å². The number of anilines is 1. The van der Waals surface area contributed by atoms with Crippen LogP contribution in [0.4, 0.5) is 5.69 Å². The Balaban J connectivity index is 2.02. The van der Waals surface area contributed by atoms with E-state index in [4.69, 9.17) is 5.73 Å². The number of nitrogens with two attached hydrogens (primary N) is 1. The predicted octanol–water partition coefficient (Wildman–Crippen LogP) is 2.97. The second-order valence-electron chi connectivity index (χ2n) is 5.26. The van der Waals surface area contributed by atoms with Crippen molar-refractivity contribution in [3.8, 4) is 16.9 Å². The van der Waals surface area contributed by atoms with Crippen molar-refractivity contribution in [1.29, 1.82) is 0 Å². The van der Waals surface area contributed by atoms with E-state index in [1.807, 2.05) is 48.0 Å². The Morgan fingerprint density at radius 2 is 1.90 bits per heavy atom. The first-order valence-electron chi connectivity index (χ1n) is 6.75. The second kappa shape index (κ2) is 4.06. The highest BCUT2D eigenvalue weighted by Gasteiger charge is 2.32. The predicted molar refractivity (Wildman–Crippen MR) is 81.6 cm³/mol. The monoisotopic (exact) mass is 275 g/mol. The maximum atomic E-state index is 12.5. The fourth-order valence-electron chi connectivity index (χ4n) is 2.88. The van der Waals surface area contributed by atoms with Crippen molar-refractivity contribution in [1.82, 2.24) is 9.78 Å². The van der Waals surface area contributed by atoms with Crippen LogP contribution >= 0.6 is 0 Å². The quantitative estimate of drug-likeness (QED) is 0.543. The number of ketones is 1. The number of hydrogen-bond acceptors (Lipinski definition) is 3. The van der Waals surface area contributed by atoms with E-state index in [-0.39, 0.29) is 5.78 Å². The number of aryl methyl sites for hydroxylation is 1. The zero-order valence-electron chi connectivity index (χ0n) is 11.5. The Hall–Kier alpha value is -2.88. The zero-order valence-corrected chi connectivity index (χ0v) is 11.5. The largest absolute Gasteiger partial charge is 0.398 e. The third-order valence-electron chi connectivity index (χ3n) is 3.84. The van der Waals surface area contributed by atoms with E-state index in [0.29, 0.717) is 16.8 Å². The highest BCUT2D eigenvalue weighted by Crippen LogP contribution is 2.40. The summed E-state index contributed by atoms with van der Waals surface area (Å²) in [5, 5.41) is 4.38. The van der Waals surface area contributed by atoms with Gasteiger partial charge in [0, 0.05) is 11.3 Å². The summed E-state index contributed by atoms with van der Waals surface area (Å²) < 4.78 is 1.81. The van der Waals surface area contributed by atoms with Gasteiger partial charge in [-0.1, -0.05) is 24.3 Å². The van der Waals surface area contributed by atoms with Crippen LogP contribution in [0.5, 0.6) is 0 Å². The Labute approximate surface area is 121 Å². The van der Waals surface area contributed by atoms with Gasteiger partial charge in [-0.3, -0.25) is 4.79 Å². The lowest BCUT2D eigenvalue weighted by Crippen LogP contribution is -2.01. The maximum absolute atomic E-state index is 12.5. The number of carbonyl (C=O) groups is 1. The molecule has 0 aliphatic heterocycles. The number of carbonyl (C=O) groups excluding carboxylic acids is 1. The molecule has 21 heavy (non-hydrogen) atoms. The summed E-state index contributed by atoms with van der Waals surface area (Å²) in [6.45, 7) is 2.03. The van der Waals surface area contributed by atoms with Gasteiger partial charge < -0.3 is 5.73 Å². The normalized spacial score (nSPS) is 12.3. The van der Waals surface area contributed by atoms with Crippen molar-refractivity contribution in [3.63, 3.8) is 0 Å². The van der Waals surface area contributed by atoms with E-state index in [1.165, 1.54) is 0 Å². The van der Waals surface area contributed by atoms with Gasteiger partial charge in [0.1, 0.15) is 0 Å². The van der Waals surface area contributed by atoms with E-state index in [1.54, 1.807) is 12.3 Å². The lowest BCUT2D eigenvalue weighted by molar-refractivity contribution is 0.104. The minimum absolute atomic E-state index is 0.0444. The molecule has 1 aromatic heterocycles. The van der Waals surface area contributed by atoms with E-state index < -0.39 is 0 Å². The van der Waals surface area contributed by atoms with Crippen LogP contribution in [0.1, 0.15) is 21.5 Å². The van der Waals surface area contributed by atoms with Crippen molar-refractivity contribution in [3.05, 3.63) is 65.4 Å². The van der Waals surface area contributed by atoms with Gasteiger partial charge in [-0.15, -0.1) is 0 Å². The third-order valence-corrected chi connectivity index (χ3v) is 3.84. The molecule has 0 fully saturated rings. The molecule has 102 valence electrons. The smallest absolute Gasteiger partial charge is 0.199 e. The average molecular weight is 275 g/mol. The topological polar surface area (TPSA) is 60.9 Å². The lowest BCUT2D eigenvalue weighted by Gasteiger charge is -2.08. The second-order valence-corrected chi connectivity index (χ2v) is 5.26. The Morgan fingerprint density at radius 1 is 1.10 bits per heavy atom. The molecule has 0 unspecified atom stereocenters. The molecule has 2 N–H and O–H groups in total. The van der Waals surface area contributed by atoms with Crippen LogP contribution < -0.4 is 5.73 Å². The first kappa shape index (κ1) is 11.9. The molecule has 0 radical (unpaired) electrons. The van der Waals surface area contributed by atoms with Crippen LogP contribution in [0.25, 0.3) is 16.9 Å². The summed E-state index contributed by atoms with van der Waals surface area (Å²) in [4.78, 5) is 12.5. The molecule has 0 spiro atoms. The van der Waals surface area contributed by atoms with Gasteiger partial charge in [0.25, 0.3) is 0 Å². The van der Waals surface area contributed by atoms with Gasteiger partial charge in [-0.2, -0.15) is 5.10 Å². The van der Waals surface area contributed by atoms with Crippen LogP contribution in [-0.4, -0.2) is 15.6 Å². The summed E-state index contributed by atoms with van der Waals surface area (Å²) in [5.74, 6) is -0.0444. The van der Waals surface area contributed by atoms with Crippen molar-refractivity contribution in [2.24, 2.45) is 0 Å². The fourth-order valence-corrected chi connectivity index (χ4v) is 2.88. The van der Waals surface area contributed by atoms with Crippen LogP contribution in [-0.2, 0) is 0 Å². The molecule has 0 atom stereocenters. The van der Waals surface area contributed by atoms with Crippen LogP contribution in [0.2, 0.25) is 0 Å². The van der Waals surface area contributed by atoms with Crippen molar-refractivity contribution < 1.29 is 4.79 Å². The molecule has 2 aromatic carbocycles. The number of aromatic nitrogens is 2. The molecule has 3 aromatic rings. The van der Waals surface area contributed by atoms with Gasteiger partial charge in [-0.25, -0.2) is 4.68 Å². The molecule has 1 aliphatic rings. The first-order valence-corrected chi connectivity index (χ1v) is 6.75. The lowest BCUT2D eigenvalue weighted by atomic mass is 10.1. The number of nitrogens with zero attached hydrogens (tertiary/aromatic N) is 2. The SMILES string of the molecule is Cc1cccc(-n2ncc3c2-c2cccc(N)c2C3=O)c1. The summed E-state index contributed by atoms with van der Waals surface area (Å²) in [5.41, 5.74) is 11.5. The number of rotatable bonds is 1. The van der Waals surface area contributed by atoms with E-state index >= 15 is 0 Å². The van der Waals surface area contributed by atoms with Gasteiger partial charge >= 0.3 is 0 Å². The van der Waals surface area contributed by atoms with E-state index in [2.05, 4.69) is 5.10 Å². The van der Waals surface area contributed by atoms with Crippen LogP contribution in [0, 0.1) is 6.92 Å². The molecule has 0 amide bonds. The Bertz CT molecular complexity index is 893. The van der Waals surface area contributed by atoms with Gasteiger partial charge in [0.15, 0.2) is 5.78 Å². The highest BCUT2D eigenvalue weighted by molar-refractivity contribution is 6.23. The van der Waals surface area contributed by atoms with Gasteiger partial charge in [0.05, 0.1) is 28.7 Å². The van der Waals surface area contributed by atoms with E-state index in [0.717, 1.165) is 22.5 Å². The molecular formula is C17H13N3O. The molecule has 0 saturated carbocycles. The number of hydrogen-bond donors (Lipinski definition) is 1. The Morgan fingerprint density at radius 3 is 2.71 bits per heavy atom. The number of benzene rings is 2. The highest BCUT2D eigenvalue weighted by atomic mass is 16.1. The van der Waals surface area contributed by atoms with Crippen molar-refractivity contribution >= 4 is 11.5 Å². The van der Waals surface area contributed by atoms with Crippen molar-refractivity contribution in [2.75, 3.05) is 5.73 Å². The number of fused-ring (bicyclic) bond motifs is 3. The summed E-state index contributed by atoms with van der Waals surface area (Å²) >= 11 is 0. The third kappa shape index (κ3) is 1.56. The minimum Gasteiger partial charge on any atom is -0.398 e. The molecule has 4 nitrogen and oxygen atoms in total. The van der Waals surface area contributed by atoms with Gasteiger partial charge in [-0.05, 0) is 30.7 Å². The van der Waals surface area contributed by atoms with Crippen LogP contribution in [0.15, 0.2) is 48.7 Å². The van der Waals surface area contributed by atoms with Crippen molar-refractivity contribution in [2.45, 2.75) is 6.92 Å². The molecule has 0 saturated heterocycles. The minimum atomic E-state index is -0.0444. The van der Waals surface area contributed by atoms with E-state index in [9.17, 15) is 4.79 Å². The molecule has 1 aliphatic carbocycles. The maximum Gasteiger partial charge on any atom is 0.199 e.